The molecule has 0 aliphatic carbocycles. The summed E-state index contributed by atoms with van der Waals surface area (Å²) in [5.41, 5.74) is 5.51. The molecule has 0 aromatic heterocycles. The Bertz CT molecular complexity index is 338. The molecule has 0 heterocycles. The first-order valence-electron chi connectivity index (χ1n) is 4.64. The van der Waals surface area contributed by atoms with E-state index in [0.717, 1.165) is 0 Å². The maximum Gasteiger partial charge on any atom is 0.211 e. The van der Waals surface area contributed by atoms with Gasteiger partial charge in [0.05, 0.1) is 6.10 Å². The van der Waals surface area contributed by atoms with Gasteiger partial charge < -0.3 is 14.9 Å². The summed E-state index contributed by atoms with van der Waals surface area (Å²) in [7, 11) is 0. The highest BCUT2D eigenvalue weighted by Gasteiger charge is 2.25. The molecule has 0 amide bonds. The molecule has 1 rings (SSSR count). The molecule has 6 heteroatoms. The number of rotatable bonds is 4. The quantitative estimate of drug-likeness (QED) is 0.724. The van der Waals surface area contributed by atoms with Gasteiger partial charge in [-0.15, -0.1) is 0 Å². The fourth-order valence-corrected chi connectivity index (χ4v) is 1.97. The third-order valence-corrected chi connectivity index (χ3v) is 2.67. The summed E-state index contributed by atoms with van der Waals surface area (Å²) >= 11 is 11.9. The number of nitrogens with two attached hydrogens (primary N) is 1. The first-order chi connectivity index (χ1) is 7.43. The van der Waals surface area contributed by atoms with Gasteiger partial charge in [0.1, 0.15) is 6.10 Å². The lowest BCUT2D eigenvalue weighted by Crippen LogP contribution is -2.30. The van der Waals surface area contributed by atoms with Crippen molar-refractivity contribution in [2.75, 3.05) is 0 Å². The topological polar surface area (TPSA) is 75.7 Å². The lowest BCUT2D eigenvalue weighted by Gasteiger charge is -2.24. The molecule has 0 aliphatic heterocycles. The summed E-state index contributed by atoms with van der Waals surface area (Å²) in [6.07, 6.45) is -3.29. The Kier molecular flexibility index (Phi) is 4.98. The molecule has 1 aromatic rings. The number of hydrogen-bond acceptors (Lipinski definition) is 4. The predicted octanol–water partition coefficient (Wildman–Crippen LogP) is 1.67. The molecule has 0 radical (unpaired) electrons. The van der Waals surface area contributed by atoms with E-state index in [9.17, 15) is 5.11 Å². The van der Waals surface area contributed by atoms with Crippen LogP contribution < -0.4 is 5.73 Å². The summed E-state index contributed by atoms with van der Waals surface area (Å²) < 4.78 is 4.97. The van der Waals surface area contributed by atoms with Crippen LogP contribution in [0.5, 0.6) is 0 Å². The van der Waals surface area contributed by atoms with Crippen LogP contribution in [0.4, 0.5) is 0 Å². The van der Waals surface area contributed by atoms with Gasteiger partial charge in [-0.3, -0.25) is 5.73 Å². The van der Waals surface area contributed by atoms with E-state index >= 15 is 0 Å². The van der Waals surface area contributed by atoms with E-state index in [1.165, 1.54) is 6.92 Å². The molecule has 0 saturated carbocycles. The largest absolute Gasteiger partial charge is 0.390 e. The third-order valence-electron chi connectivity index (χ3n) is 2.01. The molecule has 3 atom stereocenters. The van der Waals surface area contributed by atoms with Gasteiger partial charge in [0.2, 0.25) is 6.41 Å². The van der Waals surface area contributed by atoms with Crippen molar-refractivity contribution in [3.8, 4) is 0 Å². The van der Waals surface area contributed by atoms with Gasteiger partial charge in [0, 0.05) is 15.6 Å². The Labute approximate surface area is 104 Å². The van der Waals surface area contributed by atoms with Gasteiger partial charge in [-0.25, -0.2) is 0 Å². The second-order valence-corrected chi connectivity index (χ2v) is 4.14. The summed E-state index contributed by atoms with van der Waals surface area (Å²) in [5.74, 6) is 0. The highest BCUT2D eigenvalue weighted by molar-refractivity contribution is 6.36. The summed E-state index contributed by atoms with van der Waals surface area (Å²) in [4.78, 5) is 0. The minimum Gasteiger partial charge on any atom is -0.390 e. The van der Waals surface area contributed by atoms with Crippen molar-refractivity contribution in [3.05, 3.63) is 33.8 Å². The van der Waals surface area contributed by atoms with Crippen molar-refractivity contribution in [1.29, 1.82) is 0 Å². The standard InChI is InChI=1S/C10H13Cl2NO3/c1-5(14)9(16-10(13)15)8-6(11)3-2-4-7(8)12/h2-5,9-10,14-15H,13H2,1H3. The van der Waals surface area contributed by atoms with E-state index in [1.807, 2.05) is 0 Å². The molecule has 16 heavy (non-hydrogen) atoms. The van der Waals surface area contributed by atoms with Crippen LogP contribution in [0, 0.1) is 0 Å². The SMILES string of the molecule is CC(O)C(OC(N)O)c1c(Cl)cccc1Cl. The van der Waals surface area contributed by atoms with Gasteiger partial charge >= 0.3 is 0 Å². The number of ether oxygens (including phenoxy) is 1. The third kappa shape index (κ3) is 3.31. The second kappa shape index (κ2) is 5.82. The van der Waals surface area contributed by atoms with Crippen molar-refractivity contribution in [3.63, 3.8) is 0 Å². The molecule has 1 aromatic carbocycles. The summed E-state index contributed by atoms with van der Waals surface area (Å²) in [6, 6.07) is 4.90. The molecule has 0 saturated heterocycles. The van der Waals surface area contributed by atoms with Crippen LogP contribution in [0.3, 0.4) is 0 Å². The molecular formula is C10H13Cl2NO3. The maximum atomic E-state index is 9.55. The average Bonchev–Trinajstić information content (AvgIpc) is 2.15. The van der Waals surface area contributed by atoms with E-state index in [1.54, 1.807) is 18.2 Å². The van der Waals surface area contributed by atoms with E-state index in [4.69, 9.17) is 38.8 Å². The maximum absolute atomic E-state index is 9.55. The highest BCUT2D eigenvalue weighted by Crippen LogP contribution is 2.34. The van der Waals surface area contributed by atoms with Crippen molar-refractivity contribution in [2.24, 2.45) is 5.73 Å². The fourth-order valence-electron chi connectivity index (χ4n) is 1.36. The zero-order valence-electron chi connectivity index (χ0n) is 8.60. The van der Waals surface area contributed by atoms with Gasteiger partial charge in [0.25, 0.3) is 0 Å². The van der Waals surface area contributed by atoms with Crippen LogP contribution in [0.2, 0.25) is 10.0 Å². The van der Waals surface area contributed by atoms with Crippen molar-refractivity contribution in [2.45, 2.75) is 25.5 Å². The van der Waals surface area contributed by atoms with Crippen LogP contribution in [0.15, 0.2) is 18.2 Å². The number of aliphatic hydroxyl groups excluding tert-OH is 2. The molecule has 0 bridgehead atoms. The predicted molar refractivity (Wildman–Crippen MR) is 62.2 cm³/mol. The minimum atomic E-state index is -1.51. The van der Waals surface area contributed by atoms with Crippen LogP contribution in [-0.2, 0) is 4.74 Å². The highest BCUT2D eigenvalue weighted by atomic mass is 35.5. The van der Waals surface area contributed by atoms with Gasteiger partial charge in [-0.2, -0.15) is 0 Å². The normalized spacial score (nSPS) is 16.9. The zero-order valence-corrected chi connectivity index (χ0v) is 10.1. The average molecular weight is 266 g/mol. The van der Waals surface area contributed by atoms with E-state index < -0.39 is 18.6 Å². The number of hydrogen-bond donors (Lipinski definition) is 3. The molecule has 0 fully saturated rings. The number of halogens is 2. The molecule has 4 N–H and O–H groups in total. The molecule has 4 nitrogen and oxygen atoms in total. The van der Waals surface area contributed by atoms with Crippen molar-refractivity contribution < 1.29 is 14.9 Å². The molecular weight excluding hydrogens is 253 g/mol. The van der Waals surface area contributed by atoms with Crippen LogP contribution in [0.1, 0.15) is 18.6 Å². The Balaban J connectivity index is 3.10. The Hall–Kier alpha value is -0.360. The smallest absolute Gasteiger partial charge is 0.211 e. The monoisotopic (exact) mass is 265 g/mol. The van der Waals surface area contributed by atoms with E-state index in [-0.39, 0.29) is 0 Å². The molecule has 3 unspecified atom stereocenters. The van der Waals surface area contributed by atoms with E-state index in [0.29, 0.717) is 15.6 Å². The number of aliphatic hydroxyl groups is 2. The molecule has 0 aliphatic rings. The fraction of sp³-hybridized carbons (Fsp3) is 0.400. The van der Waals surface area contributed by atoms with Crippen molar-refractivity contribution >= 4 is 23.2 Å². The minimum absolute atomic E-state index is 0.346. The van der Waals surface area contributed by atoms with Crippen LogP contribution in [-0.4, -0.2) is 22.7 Å². The first-order valence-corrected chi connectivity index (χ1v) is 5.40. The Morgan fingerprint density at radius 1 is 1.25 bits per heavy atom. The Morgan fingerprint density at radius 3 is 2.12 bits per heavy atom. The van der Waals surface area contributed by atoms with Crippen LogP contribution in [0.25, 0.3) is 0 Å². The summed E-state index contributed by atoms with van der Waals surface area (Å²) in [5, 5.41) is 19.2. The summed E-state index contributed by atoms with van der Waals surface area (Å²) in [6.45, 7) is 1.49. The zero-order chi connectivity index (χ0) is 12.3. The van der Waals surface area contributed by atoms with Gasteiger partial charge in [-0.1, -0.05) is 29.3 Å². The first kappa shape index (κ1) is 13.7. The Morgan fingerprint density at radius 2 is 1.75 bits per heavy atom. The van der Waals surface area contributed by atoms with Crippen molar-refractivity contribution in [1.82, 2.24) is 0 Å². The van der Waals surface area contributed by atoms with Gasteiger partial charge in [-0.05, 0) is 19.1 Å². The number of benzene rings is 1. The molecule has 90 valence electrons. The van der Waals surface area contributed by atoms with Gasteiger partial charge in [0.15, 0.2) is 0 Å². The second-order valence-electron chi connectivity index (χ2n) is 3.32. The lowest BCUT2D eigenvalue weighted by molar-refractivity contribution is -0.161. The van der Waals surface area contributed by atoms with Crippen LogP contribution >= 0.6 is 23.2 Å². The molecule has 0 spiro atoms. The lowest BCUT2D eigenvalue weighted by atomic mass is 10.1. The van der Waals surface area contributed by atoms with E-state index in [2.05, 4.69) is 0 Å².